The highest BCUT2D eigenvalue weighted by Crippen LogP contribution is 2.08. The fraction of sp³-hybridized carbons (Fsp3) is 0.600. The van der Waals surface area contributed by atoms with E-state index in [1.54, 1.807) is 13.8 Å². The third kappa shape index (κ3) is 4.56. The molecule has 0 aliphatic rings. The minimum Gasteiger partial charge on any atom is -0.462 e. The summed E-state index contributed by atoms with van der Waals surface area (Å²) in [5.41, 5.74) is 4.60. The Hall–Kier alpha value is -2.50. The summed E-state index contributed by atoms with van der Waals surface area (Å²) in [6, 6.07) is -0.958. The highest BCUT2D eigenvalue weighted by Gasteiger charge is 2.23. The van der Waals surface area contributed by atoms with Crippen LogP contribution in [-0.4, -0.2) is 62.9 Å². The van der Waals surface area contributed by atoms with Crippen molar-refractivity contribution in [3.05, 3.63) is 16.7 Å². The highest BCUT2D eigenvalue weighted by molar-refractivity contribution is 5.76. The maximum atomic E-state index is 12.3. The van der Waals surface area contributed by atoms with Crippen molar-refractivity contribution in [1.29, 1.82) is 0 Å². The summed E-state index contributed by atoms with van der Waals surface area (Å²) >= 11 is 0. The number of likely N-dealkylation sites (N-methyl/N-ethyl adjacent to an activating group) is 1. The standard InChI is InChI=1S/C15H24N6O5/c1-8(2)10(17-3)14(24)25-5-9(4-22)26-7-21-6-18-11-12(21)19-15(16)20-13(11)23/h6,8-10,17,22H,4-5,7H2,1-3H3,(H3,16,19,20,23)/t9?,10-/m0/s1/i4D2,5D2,9D. The molecule has 2 aromatic rings. The van der Waals surface area contributed by atoms with E-state index < -0.39 is 43.5 Å². The number of carbonyl (C=O) groups is 1. The lowest BCUT2D eigenvalue weighted by Gasteiger charge is -2.21. The van der Waals surface area contributed by atoms with Crippen molar-refractivity contribution in [3.63, 3.8) is 0 Å². The Labute approximate surface area is 156 Å². The van der Waals surface area contributed by atoms with Crippen LogP contribution in [0.3, 0.4) is 0 Å². The van der Waals surface area contributed by atoms with Gasteiger partial charge >= 0.3 is 5.97 Å². The number of imidazole rings is 1. The van der Waals surface area contributed by atoms with E-state index in [-0.39, 0.29) is 23.0 Å². The number of fused-ring (bicyclic) bond motifs is 1. The second-order valence-corrected chi connectivity index (χ2v) is 5.59. The molecule has 2 rings (SSSR count). The third-order valence-corrected chi connectivity index (χ3v) is 3.42. The summed E-state index contributed by atoms with van der Waals surface area (Å²) in [7, 11) is 1.45. The molecule has 0 fully saturated rings. The summed E-state index contributed by atoms with van der Waals surface area (Å²) in [5.74, 6) is -1.67. The van der Waals surface area contributed by atoms with Crippen molar-refractivity contribution in [1.82, 2.24) is 24.8 Å². The molecule has 2 heterocycles. The molecule has 11 nitrogen and oxygen atoms in total. The molecule has 0 spiro atoms. The molecule has 0 saturated carbocycles. The topological polar surface area (TPSA) is 157 Å². The Kier molecular flexibility index (Phi) is 4.59. The van der Waals surface area contributed by atoms with Crippen LogP contribution in [0.25, 0.3) is 11.2 Å². The first-order chi connectivity index (χ1) is 14.1. The van der Waals surface area contributed by atoms with Crippen LogP contribution >= 0.6 is 0 Å². The number of nitrogens with zero attached hydrogens (tertiary/aromatic N) is 3. The molecule has 0 radical (unpaired) electrons. The van der Waals surface area contributed by atoms with E-state index in [0.717, 1.165) is 10.9 Å². The van der Waals surface area contributed by atoms with Gasteiger partial charge in [-0.25, -0.2) is 4.98 Å². The predicted octanol–water partition coefficient (Wildman–Crippen LogP) is -1.18. The molecular formula is C15H24N6O5. The van der Waals surface area contributed by atoms with E-state index in [1.807, 2.05) is 0 Å². The molecule has 0 aliphatic heterocycles. The van der Waals surface area contributed by atoms with E-state index in [0.29, 0.717) is 0 Å². The molecule has 0 bridgehead atoms. The average molecular weight is 373 g/mol. The second-order valence-electron chi connectivity index (χ2n) is 5.59. The first kappa shape index (κ1) is 13.7. The molecule has 11 heteroatoms. The Bertz CT molecular complexity index is 1010. The molecule has 26 heavy (non-hydrogen) atoms. The summed E-state index contributed by atoms with van der Waals surface area (Å²) in [4.78, 5) is 34.1. The monoisotopic (exact) mass is 373 g/mol. The number of nitrogens with one attached hydrogen (secondary N) is 2. The van der Waals surface area contributed by atoms with E-state index in [1.165, 1.54) is 7.05 Å². The van der Waals surface area contributed by atoms with Gasteiger partial charge in [-0.2, -0.15) is 4.98 Å². The van der Waals surface area contributed by atoms with Gasteiger partial charge in [0.25, 0.3) is 5.56 Å². The third-order valence-electron chi connectivity index (χ3n) is 3.42. The van der Waals surface area contributed by atoms with Gasteiger partial charge in [0.2, 0.25) is 5.95 Å². The number of aliphatic hydroxyl groups is 1. The van der Waals surface area contributed by atoms with Gasteiger partial charge in [0.15, 0.2) is 11.2 Å². The highest BCUT2D eigenvalue weighted by atomic mass is 16.6. The number of hydrogen-bond acceptors (Lipinski definition) is 9. The van der Waals surface area contributed by atoms with Gasteiger partial charge in [-0.3, -0.25) is 19.1 Å². The number of nitrogen functional groups attached to an aromatic ring is 1. The molecule has 0 saturated heterocycles. The Morgan fingerprint density at radius 2 is 2.35 bits per heavy atom. The van der Waals surface area contributed by atoms with E-state index in [2.05, 4.69) is 20.3 Å². The molecule has 2 atom stereocenters. The van der Waals surface area contributed by atoms with Crippen molar-refractivity contribution < 1.29 is 26.2 Å². The van der Waals surface area contributed by atoms with Crippen LogP contribution in [-0.2, 0) is 21.0 Å². The quantitative estimate of drug-likeness (QED) is 0.397. The van der Waals surface area contributed by atoms with Crippen molar-refractivity contribution >= 4 is 23.1 Å². The number of aromatic nitrogens is 4. The maximum Gasteiger partial charge on any atom is 0.323 e. The normalized spacial score (nSPS) is 19.0. The smallest absolute Gasteiger partial charge is 0.323 e. The fourth-order valence-electron chi connectivity index (χ4n) is 2.17. The van der Waals surface area contributed by atoms with Gasteiger partial charge in [-0.1, -0.05) is 13.8 Å². The molecule has 0 amide bonds. The van der Waals surface area contributed by atoms with Gasteiger partial charge < -0.3 is 25.6 Å². The number of esters is 1. The van der Waals surface area contributed by atoms with Crippen LogP contribution in [0.5, 0.6) is 0 Å². The van der Waals surface area contributed by atoms with Crippen LogP contribution in [0.2, 0.25) is 0 Å². The summed E-state index contributed by atoms with van der Waals surface area (Å²) in [6.45, 7) is -4.51. The van der Waals surface area contributed by atoms with Crippen LogP contribution < -0.4 is 16.6 Å². The number of nitrogens with two attached hydrogens (primary N) is 1. The lowest BCUT2D eigenvalue weighted by molar-refractivity contribution is -0.154. The Balaban J connectivity index is 2.36. The zero-order chi connectivity index (χ0) is 23.8. The number of carbonyl (C=O) groups excluding carboxylic acids is 1. The minimum absolute atomic E-state index is 0.0882. The van der Waals surface area contributed by atoms with Crippen molar-refractivity contribution in [2.45, 2.75) is 32.7 Å². The average Bonchev–Trinajstić information content (AvgIpc) is 3.01. The summed E-state index contributed by atoms with van der Waals surface area (Å²) in [6.07, 6.45) is -2.37. The molecule has 1 unspecified atom stereocenters. The van der Waals surface area contributed by atoms with Crippen molar-refractivity contribution in [2.75, 3.05) is 25.9 Å². The number of aromatic amines is 1. The first-order valence-electron chi connectivity index (χ1n) is 10.1. The van der Waals surface area contributed by atoms with Gasteiger partial charge in [-0.05, 0) is 13.0 Å². The van der Waals surface area contributed by atoms with Gasteiger partial charge in [0.1, 0.15) is 25.4 Å². The van der Waals surface area contributed by atoms with Crippen LogP contribution in [0.1, 0.15) is 20.7 Å². The first-order valence-corrected chi connectivity index (χ1v) is 7.61. The molecule has 2 aromatic heterocycles. The summed E-state index contributed by atoms with van der Waals surface area (Å²) in [5, 5.41) is 12.5. The van der Waals surface area contributed by atoms with Gasteiger partial charge in [-0.15, -0.1) is 0 Å². The molecule has 144 valence electrons. The molecule has 0 aromatic carbocycles. The maximum absolute atomic E-state index is 12.3. The lowest BCUT2D eigenvalue weighted by Crippen LogP contribution is -2.41. The number of anilines is 1. The molecular weight excluding hydrogens is 344 g/mol. The van der Waals surface area contributed by atoms with Crippen LogP contribution in [0.15, 0.2) is 11.1 Å². The number of ether oxygens (including phenoxy) is 2. The zero-order valence-electron chi connectivity index (χ0n) is 19.4. The Morgan fingerprint density at radius 3 is 2.96 bits per heavy atom. The van der Waals surface area contributed by atoms with Gasteiger partial charge in [0.05, 0.1) is 19.7 Å². The second kappa shape index (κ2) is 8.74. The largest absolute Gasteiger partial charge is 0.462 e. The van der Waals surface area contributed by atoms with E-state index >= 15 is 0 Å². The van der Waals surface area contributed by atoms with Crippen molar-refractivity contribution in [3.8, 4) is 0 Å². The predicted molar refractivity (Wildman–Crippen MR) is 93.2 cm³/mol. The minimum atomic E-state index is -3.62. The van der Waals surface area contributed by atoms with Crippen LogP contribution in [0, 0.1) is 5.92 Å². The lowest BCUT2D eigenvalue weighted by atomic mass is 10.1. The molecule has 0 aliphatic carbocycles. The fourth-order valence-corrected chi connectivity index (χ4v) is 2.17. The number of hydrogen-bond donors (Lipinski definition) is 4. The number of H-pyrrole nitrogens is 1. The Morgan fingerprint density at radius 1 is 1.62 bits per heavy atom. The zero-order valence-corrected chi connectivity index (χ0v) is 14.4. The van der Waals surface area contributed by atoms with Crippen molar-refractivity contribution in [2.24, 2.45) is 5.92 Å². The SMILES string of the molecule is [2H]C([2H])(O)C([2H])(OCn1cnc2c(=O)[nH]c(N)nc21)C([2H])([2H])OC(=O)[C@@H](NC)C(C)C. The van der Waals surface area contributed by atoms with E-state index in [4.69, 9.17) is 22.1 Å². The van der Waals surface area contributed by atoms with Gasteiger partial charge in [0, 0.05) is 0 Å². The molecule has 5 N–H and O–H groups in total. The van der Waals surface area contributed by atoms with Crippen LogP contribution in [0.4, 0.5) is 5.95 Å². The van der Waals surface area contributed by atoms with E-state index in [9.17, 15) is 14.7 Å². The summed E-state index contributed by atoms with van der Waals surface area (Å²) < 4.78 is 50.1. The number of rotatable bonds is 9.